The van der Waals surface area contributed by atoms with Crippen LogP contribution in [0.2, 0.25) is 0 Å². The van der Waals surface area contributed by atoms with Crippen LogP contribution in [0, 0.1) is 25.2 Å². The van der Waals surface area contributed by atoms with Gasteiger partial charge in [0.1, 0.15) is 11.2 Å². The normalized spacial score (nSPS) is 12.2. The zero-order valence-corrected chi connectivity index (χ0v) is 34.9. The highest BCUT2D eigenvalue weighted by molar-refractivity contribution is 6.26. The highest BCUT2D eigenvalue weighted by Crippen LogP contribution is 2.50. The molecular formula is C59H35N3O2. The molecule has 0 fully saturated rings. The van der Waals surface area contributed by atoms with Gasteiger partial charge in [-0.25, -0.2) is 0 Å². The quantitative estimate of drug-likeness (QED) is 0.167. The van der Waals surface area contributed by atoms with E-state index in [4.69, 9.17) is 8.83 Å². The molecule has 0 spiro atoms. The summed E-state index contributed by atoms with van der Waals surface area (Å²) in [6, 6.07) is 64.7. The summed E-state index contributed by atoms with van der Waals surface area (Å²) in [5.74, 6) is 0. The number of hydrogen-bond donors (Lipinski definition) is 0. The summed E-state index contributed by atoms with van der Waals surface area (Å²) in [4.78, 5) is 0. The third-order valence-electron chi connectivity index (χ3n) is 13.9. The maximum absolute atomic E-state index is 10.9. The first-order chi connectivity index (χ1) is 31.6. The summed E-state index contributed by atoms with van der Waals surface area (Å²) in [6.07, 6.45) is 0. The van der Waals surface area contributed by atoms with Gasteiger partial charge in [-0.05, 0) is 95.2 Å². The number of aromatic nitrogens is 2. The van der Waals surface area contributed by atoms with Crippen molar-refractivity contribution in [2.75, 3.05) is 0 Å². The zero-order valence-electron chi connectivity index (χ0n) is 34.9. The molecule has 5 nitrogen and oxygen atoms in total. The van der Waals surface area contributed by atoms with E-state index in [2.05, 4.69) is 181 Å². The summed E-state index contributed by atoms with van der Waals surface area (Å²) in [5, 5.41) is 24.3. The number of para-hydroxylation sites is 4. The number of hydrogen-bond acceptors (Lipinski definition) is 3. The molecule has 0 N–H and O–H groups in total. The van der Waals surface area contributed by atoms with Crippen LogP contribution in [-0.4, -0.2) is 9.13 Å². The number of rotatable bonds is 3. The number of benzene rings is 10. The molecule has 0 radical (unpaired) electrons. The van der Waals surface area contributed by atoms with Crippen LogP contribution in [0.3, 0.4) is 0 Å². The Hall–Kier alpha value is -8.59. The van der Waals surface area contributed by atoms with Gasteiger partial charge in [-0.3, -0.25) is 0 Å². The summed E-state index contributed by atoms with van der Waals surface area (Å²) >= 11 is 0. The van der Waals surface area contributed by atoms with Crippen LogP contribution in [0.1, 0.15) is 16.7 Å². The van der Waals surface area contributed by atoms with E-state index >= 15 is 0 Å². The minimum absolute atomic E-state index is 0.615. The Morgan fingerprint density at radius 3 is 1.58 bits per heavy atom. The largest absolute Gasteiger partial charge is 0.454 e. The molecule has 4 aromatic heterocycles. The Morgan fingerprint density at radius 1 is 0.438 bits per heavy atom. The van der Waals surface area contributed by atoms with Gasteiger partial charge in [0.15, 0.2) is 11.2 Å². The van der Waals surface area contributed by atoms with Crippen molar-refractivity contribution in [3.63, 3.8) is 0 Å². The molecule has 0 aliphatic heterocycles. The maximum Gasteiger partial charge on any atom is 0.160 e. The second-order valence-corrected chi connectivity index (χ2v) is 17.1. The fourth-order valence-electron chi connectivity index (χ4n) is 11.3. The third kappa shape index (κ3) is 4.46. The molecular weight excluding hydrogens is 783 g/mol. The minimum Gasteiger partial charge on any atom is -0.454 e. The maximum atomic E-state index is 10.9. The lowest BCUT2D eigenvalue weighted by atomic mass is 9.84. The van der Waals surface area contributed by atoms with Crippen molar-refractivity contribution in [2.45, 2.75) is 13.8 Å². The molecule has 0 saturated heterocycles. The average molecular weight is 818 g/mol. The molecule has 14 rings (SSSR count). The van der Waals surface area contributed by atoms with Gasteiger partial charge >= 0.3 is 0 Å². The zero-order chi connectivity index (χ0) is 42.4. The topological polar surface area (TPSA) is 59.9 Å². The number of furan rings is 2. The van der Waals surface area contributed by atoms with Crippen molar-refractivity contribution in [1.82, 2.24) is 9.13 Å². The van der Waals surface area contributed by atoms with Crippen LogP contribution >= 0.6 is 0 Å². The number of nitrogens with zero attached hydrogens (tertiary/aromatic N) is 3. The van der Waals surface area contributed by atoms with Crippen LogP contribution in [0.15, 0.2) is 185 Å². The van der Waals surface area contributed by atoms with Crippen LogP contribution in [0.25, 0.3) is 132 Å². The first-order valence-electron chi connectivity index (χ1n) is 21.7. The second kappa shape index (κ2) is 12.7. The number of fused-ring (bicyclic) bond motifs is 17. The average Bonchev–Trinajstić information content (AvgIpc) is 4.09. The second-order valence-electron chi connectivity index (χ2n) is 17.1. The highest BCUT2D eigenvalue weighted by Gasteiger charge is 2.29. The first-order valence-corrected chi connectivity index (χ1v) is 21.7. The fourth-order valence-corrected chi connectivity index (χ4v) is 11.3. The van der Waals surface area contributed by atoms with Gasteiger partial charge in [-0.15, -0.1) is 0 Å². The molecule has 0 atom stereocenters. The van der Waals surface area contributed by atoms with Crippen molar-refractivity contribution in [3.05, 3.63) is 193 Å². The molecule has 64 heavy (non-hydrogen) atoms. The highest BCUT2D eigenvalue weighted by atomic mass is 16.3. The van der Waals surface area contributed by atoms with Gasteiger partial charge in [0.25, 0.3) is 0 Å². The molecule has 14 aromatic rings. The first kappa shape index (κ1) is 35.1. The van der Waals surface area contributed by atoms with Gasteiger partial charge < -0.3 is 18.0 Å². The van der Waals surface area contributed by atoms with E-state index in [0.717, 1.165) is 143 Å². The van der Waals surface area contributed by atoms with E-state index in [1.807, 2.05) is 24.3 Å². The third-order valence-corrected chi connectivity index (χ3v) is 13.9. The van der Waals surface area contributed by atoms with Gasteiger partial charge in [0, 0.05) is 54.0 Å². The van der Waals surface area contributed by atoms with E-state index < -0.39 is 0 Å². The predicted molar refractivity (Wildman–Crippen MR) is 264 cm³/mol. The minimum atomic E-state index is 0.615. The van der Waals surface area contributed by atoms with E-state index in [-0.39, 0.29) is 0 Å². The lowest BCUT2D eigenvalue weighted by Crippen LogP contribution is -2.07. The molecule has 0 amide bonds. The summed E-state index contributed by atoms with van der Waals surface area (Å²) < 4.78 is 18.6. The Labute approximate surface area is 365 Å². The van der Waals surface area contributed by atoms with Gasteiger partial charge in [-0.1, -0.05) is 127 Å². The van der Waals surface area contributed by atoms with Crippen LogP contribution in [0.5, 0.6) is 0 Å². The van der Waals surface area contributed by atoms with Crippen LogP contribution < -0.4 is 0 Å². The molecule has 0 saturated carbocycles. The van der Waals surface area contributed by atoms with E-state index in [9.17, 15) is 5.26 Å². The van der Waals surface area contributed by atoms with Crippen molar-refractivity contribution in [3.8, 4) is 28.6 Å². The lowest BCUT2D eigenvalue weighted by Gasteiger charge is -2.25. The van der Waals surface area contributed by atoms with E-state index in [1.54, 1.807) is 0 Å². The summed E-state index contributed by atoms with van der Waals surface area (Å²) in [7, 11) is 0. The molecule has 5 heteroatoms. The molecule has 0 unspecified atom stereocenters. The molecule has 4 heterocycles. The van der Waals surface area contributed by atoms with Crippen molar-refractivity contribution in [2.24, 2.45) is 0 Å². The molecule has 10 aromatic carbocycles. The smallest absolute Gasteiger partial charge is 0.160 e. The van der Waals surface area contributed by atoms with Crippen molar-refractivity contribution >= 4 is 109 Å². The van der Waals surface area contributed by atoms with E-state index in [1.165, 1.54) is 0 Å². The number of nitriles is 1. The Kier molecular flexibility index (Phi) is 6.97. The molecule has 0 aliphatic rings. The lowest BCUT2D eigenvalue weighted by molar-refractivity contribution is 0.670. The van der Waals surface area contributed by atoms with Crippen molar-refractivity contribution < 1.29 is 8.83 Å². The SMILES string of the molecule is Cc1c(-n2c3ccccc3c3ccc4c5ccccc5oc4c32)c(C)c2c(c(-n3c4ccccc4c4ccc5c6ccccc6oc5c43)cc3ccccc32)c1-c1ccccc1C#N. The van der Waals surface area contributed by atoms with Crippen LogP contribution in [-0.2, 0) is 0 Å². The fraction of sp³-hybridized carbons (Fsp3) is 0.0339. The Balaban J connectivity index is 1.25. The van der Waals surface area contributed by atoms with Gasteiger partial charge in [0.2, 0.25) is 0 Å². The summed E-state index contributed by atoms with van der Waals surface area (Å²) in [6.45, 7) is 4.52. The Bertz CT molecular complexity index is 4410. The van der Waals surface area contributed by atoms with Gasteiger partial charge in [0.05, 0.1) is 45.1 Å². The predicted octanol–water partition coefficient (Wildman–Crippen LogP) is 16.1. The monoisotopic (exact) mass is 817 g/mol. The molecule has 0 aliphatic carbocycles. The molecule has 0 bridgehead atoms. The standard InChI is InChI=1S/C59H35N3O2/c1-33-52-37-17-5-3-15-35(37)31-49(61-47-23-11-7-19-39(47)43-27-29-45-41-21-9-13-25-50(41)63-58(45)56(43)61)54(52)53(38-18-6-4-16-36(38)32-60)34(2)55(33)62-48-24-12-8-20-40(48)44-28-30-46-42-22-10-14-26-51(42)64-59(46)57(44)62/h3-31H,1-2H3. The van der Waals surface area contributed by atoms with Crippen LogP contribution in [0.4, 0.5) is 0 Å². The molecule has 298 valence electrons. The number of aryl methyl sites for hydroxylation is 1. The van der Waals surface area contributed by atoms with E-state index in [0.29, 0.717) is 5.56 Å². The summed E-state index contributed by atoms with van der Waals surface area (Å²) in [5.41, 5.74) is 14.4. The van der Waals surface area contributed by atoms with Gasteiger partial charge in [-0.2, -0.15) is 5.26 Å². The Morgan fingerprint density at radius 2 is 0.938 bits per heavy atom. The van der Waals surface area contributed by atoms with Crippen molar-refractivity contribution in [1.29, 1.82) is 5.26 Å².